The first kappa shape index (κ1) is 16.2. The molecule has 1 aromatic rings. The van der Waals surface area contributed by atoms with Crippen LogP contribution in [-0.2, 0) is 11.3 Å². The molecular weight excluding hydrogens is 290 g/mol. The van der Waals surface area contributed by atoms with Gasteiger partial charge < -0.3 is 20.4 Å². The topological polar surface area (TPSA) is 60.5 Å². The number of nitrogens with one attached hydrogen (secondary N) is 2. The van der Waals surface area contributed by atoms with Gasteiger partial charge in [-0.25, -0.2) is 4.98 Å². The second kappa shape index (κ2) is 7.75. The maximum absolute atomic E-state index is 11.9. The summed E-state index contributed by atoms with van der Waals surface area (Å²) in [5.74, 6) is 1.15. The molecule has 2 aliphatic heterocycles. The molecule has 126 valence electrons. The average molecular weight is 317 g/mol. The SMILES string of the molecule is CN1CCN(c2ccc(CNC(=O)CC3CCCN3)cn2)CC1. The van der Waals surface area contributed by atoms with Crippen molar-refractivity contribution >= 4 is 11.7 Å². The lowest BCUT2D eigenvalue weighted by molar-refractivity contribution is -0.121. The van der Waals surface area contributed by atoms with E-state index < -0.39 is 0 Å². The summed E-state index contributed by atoms with van der Waals surface area (Å²) in [5.41, 5.74) is 1.05. The van der Waals surface area contributed by atoms with E-state index in [9.17, 15) is 4.79 Å². The molecular formula is C17H27N5O. The second-order valence-corrected chi connectivity index (χ2v) is 6.59. The van der Waals surface area contributed by atoms with E-state index in [0.29, 0.717) is 19.0 Å². The average Bonchev–Trinajstić information content (AvgIpc) is 3.07. The van der Waals surface area contributed by atoms with Crippen LogP contribution in [0.25, 0.3) is 0 Å². The molecule has 0 saturated carbocycles. The zero-order chi connectivity index (χ0) is 16.1. The summed E-state index contributed by atoms with van der Waals surface area (Å²) in [4.78, 5) is 21.1. The van der Waals surface area contributed by atoms with Crippen molar-refractivity contribution in [2.45, 2.75) is 31.8 Å². The molecule has 23 heavy (non-hydrogen) atoms. The summed E-state index contributed by atoms with van der Waals surface area (Å²) < 4.78 is 0. The number of carbonyl (C=O) groups is 1. The van der Waals surface area contributed by atoms with Crippen molar-refractivity contribution in [3.8, 4) is 0 Å². The number of nitrogens with zero attached hydrogens (tertiary/aromatic N) is 3. The van der Waals surface area contributed by atoms with Crippen LogP contribution >= 0.6 is 0 Å². The van der Waals surface area contributed by atoms with Gasteiger partial charge >= 0.3 is 0 Å². The molecule has 2 fully saturated rings. The summed E-state index contributed by atoms with van der Waals surface area (Å²) >= 11 is 0. The maximum atomic E-state index is 11.9. The summed E-state index contributed by atoms with van der Waals surface area (Å²) in [6.45, 7) is 5.79. The third-order valence-electron chi connectivity index (χ3n) is 4.72. The van der Waals surface area contributed by atoms with E-state index in [0.717, 1.165) is 50.5 Å². The number of aromatic nitrogens is 1. The van der Waals surface area contributed by atoms with Crippen molar-refractivity contribution in [2.24, 2.45) is 0 Å². The first-order valence-electron chi connectivity index (χ1n) is 8.59. The van der Waals surface area contributed by atoms with Gasteiger partial charge in [0.2, 0.25) is 5.91 Å². The van der Waals surface area contributed by atoms with Crippen molar-refractivity contribution < 1.29 is 4.79 Å². The Balaban J connectivity index is 1.44. The van der Waals surface area contributed by atoms with Crippen molar-refractivity contribution in [2.75, 3.05) is 44.7 Å². The first-order valence-corrected chi connectivity index (χ1v) is 8.59. The van der Waals surface area contributed by atoms with Crippen LogP contribution in [0, 0.1) is 0 Å². The van der Waals surface area contributed by atoms with Gasteiger partial charge in [-0.05, 0) is 38.1 Å². The van der Waals surface area contributed by atoms with E-state index in [1.54, 1.807) is 0 Å². The van der Waals surface area contributed by atoms with E-state index in [-0.39, 0.29) is 5.91 Å². The number of piperazine rings is 1. The molecule has 1 unspecified atom stereocenters. The van der Waals surface area contributed by atoms with E-state index in [2.05, 4.69) is 44.6 Å². The zero-order valence-electron chi connectivity index (χ0n) is 13.9. The van der Waals surface area contributed by atoms with Crippen molar-refractivity contribution in [3.05, 3.63) is 23.9 Å². The predicted molar refractivity (Wildman–Crippen MR) is 91.4 cm³/mol. The van der Waals surface area contributed by atoms with Crippen LogP contribution in [0.4, 0.5) is 5.82 Å². The van der Waals surface area contributed by atoms with Crippen molar-refractivity contribution in [3.63, 3.8) is 0 Å². The number of hydrogen-bond donors (Lipinski definition) is 2. The Morgan fingerprint density at radius 2 is 2.17 bits per heavy atom. The summed E-state index contributed by atoms with van der Waals surface area (Å²) in [6.07, 6.45) is 4.73. The van der Waals surface area contributed by atoms with Crippen LogP contribution in [0.1, 0.15) is 24.8 Å². The van der Waals surface area contributed by atoms with E-state index in [1.165, 1.54) is 6.42 Å². The lowest BCUT2D eigenvalue weighted by atomic mass is 10.1. The molecule has 2 saturated heterocycles. The lowest BCUT2D eigenvalue weighted by Crippen LogP contribution is -2.44. The van der Waals surface area contributed by atoms with Crippen LogP contribution in [0.3, 0.4) is 0 Å². The van der Waals surface area contributed by atoms with Gasteiger partial charge in [0.15, 0.2) is 0 Å². The van der Waals surface area contributed by atoms with Gasteiger partial charge in [-0.15, -0.1) is 0 Å². The highest BCUT2D eigenvalue weighted by Gasteiger charge is 2.17. The molecule has 1 atom stereocenters. The smallest absolute Gasteiger partial charge is 0.221 e. The van der Waals surface area contributed by atoms with Gasteiger partial charge in [-0.3, -0.25) is 4.79 Å². The first-order chi connectivity index (χ1) is 11.2. The Bertz CT molecular complexity index is 504. The minimum atomic E-state index is 0.118. The summed E-state index contributed by atoms with van der Waals surface area (Å²) in [5, 5.41) is 6.34. The standard InChI is InChI=1S/C17H27N5O/c1-21-7-9-22(10-8-21)16-5-4-14(12-19-16)13-20-17(23)11-15-3-2-6-18-15/h4-5,12,15,18H,2-3,6-11,13H2,1H3,(H,20,23). The number of pyridine rings is 1. The number of amides is 1. The number of likely N-dealkylation sites (N-methyl/N-ethyl adjacent to an activating group) is 1. The second-order valence-electron chi connectivity index (χ2n) is 6.59. The van der Waals surface area contributed by atoms with Gasteiger partial charge in [0.25, 0.3) is 0 Å². The molecule has 0 aromatic carbocycles. The Kier molecular flexibility index (Phi) is 5.46. The van der Waals surface area contributed by atoms with E-state index in [1.807, 2.05) is 6.20 Å². The van der Waals surface area contributed by atoms with Gasteiger partial charge in [0.05, 0.1) is 0 Å². The van der Waals surface area contributed by atoms with Crippen molar-refractivity contribution in [1.82, 2.24) is 20.5 Å². The molecule has 6 nitrogen and oxygen atoms in total. The Morgan fingerprint density at radius 1 is 1.35 bits per heavy atom. The predicted octanol–water partition coefficient (Wildman–Crippen LogP) is 0.592. The molecule has 0 aliphatic carbocycles. The third-order valence-corrected chi connectivity index (χ3v) is 4.72. The Labute approximate surface area is 138 Å². The maximum Gasteiger partial charge on any atom is 0.221 e. The highest BCUT2D eigenvalue weighted by Crippen LogP contribution is 2.14. The Hall–Kier alpha value is -1.66. The van der Waals surface area contributed by atoms with E-state index in [4.69, 9.17) is 0 Å². The van der Waals surface area contributed by atoms with Gasteiger partial charge in [-0.2, -0.15) is 0 Å². The molecule has 0 bridgehead atoms. The Morgan fingerprint density at radius 3 is 2.83 bits per heavy atom. The molecule has 3 rings (SSSR count). The molecule has 1 aromatic heterocycles. The quantitative estimate of drug-likeness (QED) is 0.832. The lowest BCUT2D eigenvalue weighted by Gasteiger charge is -2.33. The minimum Gasteiger partial charge on any atom is -0.354 e. The van der Waals surface area contributed by atoms with Gasteiger partial charge in [0.1, 0.15) is 5.82 Å². The van der Waals surface area contributed by atoms with E-state index >= 15 is 0 Å². The van der Waals surface area contributed by atoms with Gasteiger partial charge in [0, 0.05) is 51.4 Å². The highest BCUT2D eigenvalue weighted by molar-refractivity contribution is 5.76. The normalized spacial score (nSPS) is 22.3. The number of hydrogen-bond acceptors (Lipinski definition) is 5. The largest absolute Gasteiger partial charge is 0.354 e. The minimum absolute atomic E-state index is 0.118. The fourth-order valence-electron chi connectivity index (χ4n) is 3.17. The molecule has 0 spiro atoms. The molecule has 6 heteroatoms. The zero-order valence-corrected chi connectivity index (χ0v) is 13.9. The number of anilines is 1. The molecule has 0 radical (unpaired) electrons. The molecule has 3 heterocycles. The fourth-order valence-corrected chi connectivity index (χ4v) is 3.17. The molecule has 2 N–H and O–H groups in total. The molecule has 1 amide bonds. The van der Waals surface area contributed by atoms with Crippen LogP contribution in [0.2, 0.25) is 0 Å². The van der Waals surface area contributed by atoms with Crippen LogP contribution in [0.15, 0.2) is 18.3 Å². The summed E-state index contributed by atoms with van der Waals surface area (Å²) in [6, 6.07) is 4.48. The van der Waals surface area contributed by atoms with Crippen LogP contribution in [-0.4, -0.2) is 61.6 Å². The summed E-state index contributed by atoms with van der Waals surface area (Å²) in [7, 11) is 2.15. The number of rotatable bonds is 5. The van der Waals surface area contributed by atoms with Crippen LogP contribution < -0.4 is 15.5 Å². The van der Waals surface area contributed by atoms with Gasteiger partial charge in [-0.1, -0.05) is 6.07 Å². The highest BCUT2D eigenvalue weighted by atomic mass is 16.1. The van der Waals surface area contributed by atoms with Crippen molar-refractivity contribution in [1.29, 1.82) is 0 Å². The fraction of sp³-hybridized carbons (Fsp3) is 0.647. The number of carbonyl (C=O) groups excluding carboxylic acids is 1. The van der Waals surface area contributed by atoms with Crippen LogP contribution in [0.5, 0.6) is 0 Å². The third kappa shape index (κ3) is 4.65. The molecule has 2 aliphatic rings. The monoisotopic (exact) mass is 317 g/mol.